The Morgan fingerprint density at radius 2 is 1.96 bits per heavy atom. The molecule has 0 bridgehead atoms. The largest absolute Gasteiger partial charge is 0.342 e. The summed E-state index contributed by atoms with van der Waals surface area (Å²) >= 11 is 0. The van der Waals surface area contributed by atoms with E-state index in [-0.39, 0.29) is 11.8 Å². The maximum Gasteiger partial charge on any atom is 0.225 e. The molecular weight excluding hydrogens is 338 g/mol. The lowest BCUT2D eigenvalue weighted by Crippen LogP contribution is -2.38. The molecule has 0 saturated carbocycles. The first kappa shape index (κ1) is 17.9. The molecule has 27 heavy (non-hydrogen) atoms. The lowest BCUT2D eigenvalue weighted by atomic mass is 9.90. The van der Waals surface area contributed by atoms with Crippen molar-refractivity contribution in [3.63, 3.8) is 0 Å². The number of amides is 1. The molecule has 2 fully saturated rings. The Balaban J connectivity index is 1.72. The topological polar surface area (TPSA) is 62.2 Å². The third kappa shape index (κ3) is 3.94. The van der Waals surface area contributed by atoms with Gasteiger partial charge in [0.05, 0.1) is 5.69 Å². The number of nitrogens with zero attached hydrogens (tertiary/aromatic N) is 5. The van der Waals surface area contributed by atoms with E-state index in [0.717, 1.165) is 61.8 Å². The van der Waals surface area contributed by atoms with Gasteiger partial charge >= 0.3 is 0 Å². The number of pyridine rings is 1. The summed E-state index contributed by atoms with van der Waals surface area (Å²) in [6.07, 6.45) is 11.4. The van der Waals surface area contributed by atoms with Gasteiger partial charge in [-0.1, -0.05) is 6.07 Å². The first-order valence-electron chi connectivity index (χ1n) is 10.00. The lowest BCUT2D eigenvalue weighted by molar-refractivity contribution is -0.130. The van der Waals surface area contributed by atoms with Gasteiger partial charge in [-0.15, -0.1) is 0 Å². The van der Waals surface area contributed by atoms with Gasteiger partial charge in [-0.3, -0.25) is 9.78 Å². The van der Waals surface area contributed by atoms with Crippen LogP contribution in [0.15, 0.2) is 30.7 Å². The molecule has 0 N–H and O–H groups in total. The summed E-state index contributed by atoms with van der Waals surface area (Å²) in [5, 5.41) is 0. The van der Waals surface area contributed by atoms with Crippen molar-refractivity contribution in [2.24, 2.45) is 0 Å². The fourth-order valence-electron chi connectivity index (χ4n) is 4.17. The summed E-state index contributed by atoms with van der Waals surface area (Å²) in [6.45, 7) is 5.28. The fourth-order valence-corrected chi connectivity index (χ4v) is 4.17. The van der Waals surface area contributed by atoms with Gasteiger partial charge in [0.1, 0.15) is 0 Å². The van der Waals surface area contributed by atoms with Crippen LogP contribution in [0.4, 0.5) is 5.95 Å². The fraction of sp³-hybridized carbons (Fsp3) is 0.524. The molecule has 2 aromatic heterocycles. The van der Waals surface area contributed by atoms with Gasteiger partial charge in [-0.25, -0.2) is 9.97 Å². The lowest BCUT2D eigenvalue weighted by Gasteiger charge is -2.33. The zero-order chi connectivity index (χ0) is 18.6. The number of piperidine rings is 2. The second-order valence-electron chi connectivity index (χ2n) is 7.56. The van der Waals surface area contributed by atoms with Crippen molar-refractivity contribution in [1.29, 1.82) is 0 Å². The molecule has 2 aliphatic heterocycles. The maximum absolute atomic E-state index is 11.9. The second kappa shape index (κ2) is 8.03. The highest BCUT2D eigenvalue weighted by Crippen LogP contribution is 2.34. The van der Waals surface area contributed by atoms with E-state index in [1.54, 1.807) is 13.1 Å². The van der Waals surface area contributed by atoms with Crippen molar-refractivity contribution in [2.75, 3.05) is 31.1 Å². The molecule has 4 heterocycles. The number of anilines is 1. The Morgan fingerprint density at radius 1 is 1.11 bits per heavy atom. The summed E-state index contributed by atoms with van der Waals surface area (Å²) in [7, 11) is 0. The third-order valence-corrected chi connectivity index (χ3v) is 5.67. The Morgan fingerprint density at radius 3 is 2.70 bits per heavy atom. The number of rotatable bonds is 3. The van der Waals surface area contributed by atoms with E-state index in [1.807, 2.05) is 23.4 Å². The second-order valence-corrected chi connectivity index (χ2v) is 7.56. The summed E-state index contributed by atoms with van der Waals surface area (Å²) in [6, 6.07) is 4.00. The first-order valence-corrected chi connectivity index (χ1v) is 10.00. The third-order valence-electron chi connectivity index (χ3n) is 5.67. The SMILES string of the molecule is CC(=O)N1CCCC(c2nc(N3CCCCC3)ncc2-c2cccnc2)C1. The number of likely N-dealkylation sites (tertiary alicyclic amines) is 1. The van der Waals surface area contributed by atoms with Crippen LogP contribution in [0.3, 0.4) is 0 Å². The molecule has 1 unspecified atom stereocenters. The van der Waals surface area contributed by atoms with Gasteiger partial charge in [0.2, 0.25) is 11.9 Å². The molecule has 2 aromatic rings. The van der Waals surface area contributed by atoms with Crippen LogP contribution in [-0.2, 0) is 4.79 Å². The average Bonchev–Trinajstić information content (AvgIpc) is 2.74. The Hall–Kier alpha value is -2.50. The number of carbonyl (C=O) groups excluding carboxylic acids is 1. The highest BCUT2D eigenvalue weighted by Gasteiger charge is 2.27. The monoisotopic (exact) mass is 365 g/mol. The van der Waals surface area contributed by atoms with Crippen LogP contribution in [0.5, 0.6) is 0 Å². The zero-order valence-electron chi connectivity index (χ0n) is 16.0. The highest BCUT2D eigenvalue weighted by molar-refractivity contribution is 5.73. The predicted octanol–water partition coefficient (Wildman–Crippen LogP) is 3.25. The molecule has 1 atom stereocenters. The average molecular weight is 365 g/mol. The van der Waals surface area contributed by atoms with Crippen LogP contribution in [0.25, 0.3) is 11.1 Å². The summed E-state index contributed by atoms with van der Waals surface area (Å²) in [5.74, 6) is 1.22. The smallest absolute Gasteiger partial charge is 0.225 e. The summed E-state index contributed by atoms with van der Waals surface area (Å²) in [5.41, 5.74) is 3.14. The van der Waals surface area contributed by atoms with Crippen LogP contribution in [0.1, 0.15) is 50.6 Å². The van der Waals surface area contributed by atoms with Crippen LogP contribution in [0.2, 0.25) is 0 Å². The molecule has 0 aromatic carbocycles. The van der Waals surface area contributed by atoms with Gasteiger partial charge in [0.15, 0.2) is 0 Å². The predicted molar refractivity (Wildman–Crippen MR) is 106 cm³/mol. The molecule has 6 nitrogen and oxygen atoms in total. The number of aromatic nitrogens is 3. The van der Waals surface area contributed by atoms with Gasteiger partial charge in [0.25, 0.3) is 0 Å². The molecule has 1 amide bonds. The molecule has 2 aliphatic rings. The molecule has 6 heteroatoms. The molecular formula is C21H27N5O. The van der Waals surface area contributed by atoms with E-state index in [1.165, 1.54) is 19.3 Å². The van der Waals surface area contributed by atoms with Crippen molar-refractivity contribution in [3.05, 3.63) is 36.4 Å². The molecule has 4 rings (SSSR count). The van der Waals surface area contributed by atoms with Crippen LogP contribution < -0.4 is 4.90 Å². The van der Waals surface area contributed by atoms with Crippen molar-refractivity contribution >= 4 is 11.9 Å². The Kier molecular flexibility index (Phi) is 5.32. The first-order chi connectivity index (χ1) is 13.2. The maximum atomic E-state index is 11.9. The molecule has 0 aliphatic carbocycles. The minimum atomic E-state index is 0.146. The molecule has 142 valence electrons. The minimum absolute atomic E-state index is 0.146. The van der Waals surface area contributed by atoms with Gasteiger partial charge in [0, 0.05) is 68.7 Å². The Labute approximate surface area is 160 Å². The summed E-state index contributed by atoms with van der Waals surface area (Å²) < 4.78 is 0. The number of carbonyl (C=O) groups is 1. The summed E-state index contributed by atoms with van der Waals surface area (Å²) in [4.78, 5) is 30.2. The van der Waals surface area contributed by atoms with E-state index >= 15 is 0 Å². The van der Waals surface area contributed by atoms with Gasteiger partial charge in [-0.2, -0.15) is 0 Å². The number of hydrogen-bond acceptors (Lipinski definition) is 5. The van der Waals surface area contributed by atoms with Crippen molar-refractivity contribution in [1.82, 2.24) is 19.9 Å². The van der Waals surface area contributed by atoms with Crippen LogP contribution in [0, 0.1) is 0 Å². The van der Waals surface area contributed by atoms with E-state index in [4.69, 9.17) is 9.97 Å². The minimum Gasteiger partial charge on any atom is -0.342 e. The van der Waals surface area contributed by atoms with Crippen LogP contribution >= 0.6 is 0 Å². The Bertz CT molecular complexity index is 788. The highest BCUT2D eigenvalue weighted by atomic mass is 16.2. The zero-order valence-corrected chi connectivity index (χ0v) is 16.0. The quantitative estimate of drug-likeness (QED) is 0.835. The van der Waals surface area contributed by atoms with Gasteiger partial charge < -0.3 is 9.80 Å². The van der Waals surface area contributed by atoms with E-state index < -0.39 is 0 Å². The number of hydrogen-bond donors (Lipinski definition) is 0. The molecule has 0 spiro atoms. The molecule has 0 radical (unpaired) electrons. The standard InChI is InChI=1S/C21H27N5O/c1-16(27)26-12-6-8-18(15-26)20-19(17-7-5-9-22-13-17)14-23-21(24-20)25-10-3-2-4-11-25/h5,7,9,13-14,18H,2-4,6,8,10-12,15H2,1H3. The normalized spacial score (nSPS) is 20.6. The van der Waals surface area contributed by atoms with Crippen LogP contribution in [-0.4, -0.2) is 51.9 Å². The van der Waals surface area contributed by atoms with Crippen molar-refractivity contribution in [2.45, 2.75) is 44.9 Å². The van der Waals surface area contributed by atoms with E-state index in [2.05, 4.69) is 16.0 Å². The van der Waals surface area contributed by atoms with E-state index in [0.29, 0.717) is 0 Å². The van der Waals surface area contributed by atoms with E-state index in [9.17, 15) is 4.79 Å². The van der Waals surface area contributed by atoms with Gasteiger partial charge in [-0.05, 0) is 38.2 Å². The van der Waals surface area contributed by atoms with Crippen molar-refractivity contribution < 1.29 is 4.79 Å². The van der Waals surface area contributed by atoms with Crippen molar-refractivity contribution in [3.8, 4) is 11.1 Å². The molecule has 2 saturated heterocycles.